The smallest absolute Gasteiger partial charge is 0.152 e. The molecule has 1 heterocycles. The Bertz CT molecular complexity index is 570. The van der Waals surface area contributed by atoms with E-state index in [0.29, 0.717) is 15.4 Å². The molecule has 5 heteroatoms. The van der Waals surface area contributed by atoms with Gasteiger partial charge in [-0.15, -0.1) is 0 Å². The van der Waals surface area contributed by atoms with Crippen LogP contribution in [0.25, 0.3) is 11.0 Å². The number of fused-ring (bicyclic) bond motifs is 1. The molecule has 0 aliphatic carbocycles. The summed E-state index contributed by atoms with van der Waals surface area (Å²) < 4.78 is 20.3. The van der Waals surface area contributed by atoms with Crippen LogP contribution in [-0.4, -0.2) is 7.05 Å². The van der Waals surface area contributed by atoms with Crippen LogP contribution in [0.1, 0.15) is 31.6 Å². The Kier molecular flexibility index (Phi) is 4.30. The minimum absolute atomic E-state index is 0.0903. The Morgan fingerprint density at radius 3 is 2.83 bits per heavy atom. The highest BCUT2D eigenvalue weighted by molar-refractivity contribution is 9.10. The molecule has 98 valence electrons. The van der Waals surface area contributed by atoms with Crippen molar-refractivity contribution >= 4 is 38.5 Å². The maximum atomic E-state index is 13.9. The van der Waals surface area contributed by atoms with Crippen molar-refractivity contribution in [3.05, 3.63) is 33.2 Å². The normalized spacial score (nSPS) is 13.2. The van der Waals surface area contributed by atoms with Gasteiger partial charge in [-0.3, -0.25) is 0 Å². The minimum Gasteiger partial charge on any atom is -0.458 e. The maximum Gasteiger partial charge on any atom is 0.152 e. The van der Waals surface area contributed by atoms with Gasteiger partial charge in [0, 0.05) is 0 Å². The van der Waals surface area contributed by atoms with E-state index >= 15 is 0 Å². The van der Waals surface area contributed by atoms with Gasteiger partial charge >= 0.3 is 0 Å². The summed E-state index contributed by atoms with van der Waals surface area (Å²) in [6, 6.07) is 3.33. The van der Waals surface area contributed by atoms with E-state index in [1.165, 1.54) is 6.07 Å². The number of rotatable bonds is 4. The lowest BCUT2D eigenvalue weighted by Gasteiger charge is -2.11. The quantitative estimate of drug-likeness (QED) is 0.792. The van der Waals surface area contributed by atoms with E-state index in [0.717, 1.165) is 18.6 Å². The van der Waals surface area contributed by atoms with Crippen LogP contribution in [0.4, 0.5) is 4.39 Å². The Labute approximate surface area is 119 Å². The predicted octanol–water partition coefficient (Wildman–Crippen LogP) is 5.05. The standard InChI is InChI=1S/C13H14BrClFNO/c1-3-4-10(17-2)11-5-7-12(16)9(15)6-8(14)13(7)18-11/h5-6,10,17H,3-4H2,1-2H3. The third-order valence-corrected chi connectivity index (χ3v) is 3.80. The van der Waals surface area contributed by atoms with E-state index in [2.05, 4.69) is 28.2 Å². The summed E-state index contributed by atoms with van der Waals surface area (Å²) >= 11 is 9.15. The first-order valence-corrected chi connectivity index (χ1v) is 6.99. The van der Waals surface area contributed by atoms with Gasteiger partial charge in [0.1, 0.15) is 5.76 Å². The van der Waals surface area contributed by atoms with Crippen LogP contribution in [0, 0.1) is 5.82 Å². The molecule has 2 aromatic rings. The molecule has 0 aliphatic heterocycles. The third-order valence-electron chi connectivity index (χ3n) is 2.94. The first-order valence-electron chi connectivity index (χ1n) is 5.82. The summed E-state index contributed by atoms with van der Waals surface area (Å²) in [4.78, 5) is 0. The van der Waals surface area contributed by atoms with E-state index in [4.69, 9.17) is 16.0 Å². The number of hydrogen-bond acceptors (Lipinski definition) is 2. The highest BCUT2D eigenvalue weighted by Gasteiger charge is 2.19. The van der Waals surface area contributed by atoms with Gasteiger partial charge in [-0.2, -0.15) is 0 Å². The van der Waals surface area contributed by atoms with Crippen LogP contribution in [0.5, 0.6) is 0 Å². The molecule has 0 radical (unpaired) electrons. The first kappa shape index (κ1) is 13.8. The molecule has 1 unspecified atom stereocenters. The second kappa shape index (κ2) is 5.59. The molecule has 1 aromatic carbocycles. The average Bonchev–Trinajstić information content (AvgIpc) is 2.78. The van der Waals surface area contributed by atoms with Crippen LogP contribution in [0.3, 0.4) is 0 Å². The molecular weight excluding hydrogens is 321 g/mol. The first-order chi connectivity index (χ1) is 8.58. The van der Waals surface area contributed by atoms with Crippen LogP contribution in [0.15, 0.2) is 21.0 Å². The molecule has 0 saturated heterocycles. The largest absolute Gasteiger partial charge is 0.458 e. The number of hydrogen-bond donors (Lipinski definition) is 1. The summed E-state index contributed by atoms with van der Waals surface area (Å²) in [7, 11) is 1.87. The molecular formula is C13H14BrClFNO. The van der Waals surface area contributed by atoms with Gasteiger partial charge < -0.3 is 9.73 Å². The molecule has 1 aromatic heterocycles. The fraction of sp³-hybridized carbons (Fsp3) is 0.385. The van der Waals surface area contributed by atoms with Gasteiger partial charge in [0.25, 0.3) is 0 Å². The highest BCUT2D eigenvalue weighted by atomic mass is 79.9. The second-order valence-corrected chi connectivity index (χ2v) is 5.44. The Morgan fingerprint density at radius 2 is 2.22 bits per heavy atom. The number of nitrogens with one attached hydrogen (secondary N) is 1. The van der Waals surface area contributed by atoms with Crippen molar-refractivity contribution in [3.63, 3.8) is 0 Å². The van der Waals surface area contributed by atoms with Gasteiger partial charge in [-0.25, -0.2) is 4.39 Å². The Balaban J connectivity index is 2.56. The van der Waals surface area contributed by atoms with Crippen molar-refractivity contribution in [1.29, 1.82) is 0 Å². The second-order valence-electron chi connectivity index (χ2n) is 4.18. The van der Waals surface area contributed by atoms with E-state index in [1.54, 1.807) is 6.07 Å². The predicted molar refractivity (Wildman–Crippen MR) is 75.6 cm³/mol. The van der Waals surface area contributed by atoms with Crippen molar-refractivity contribution in [1.82, 2.24) is 5.32 Å². The van der Waals surface area contributed by atoms with Gasteiger partial charge in [-0.1, -0.05) is 24.9 Å². The lowest BCUT2D eigenvalue weighted by Crippen LogP contribution is -2.15. The minimum atomic E-state index is -0.434. The summed E-state index contributed by atoms with van der Waals surface area (Å²) in [5.41, 5.74) is 0.503. The van der Waals surface area contributed by atoms with Crippen molar-refractivity contribution in [3.8, 4) is 0 Å². The zero-order valence-electron chi connectivity index (χ0n) is 10.2. The molecule has 0 saturated carbocycles. The van der Waals surface area contributed by atoms with E-state index in [9.17, 15) is 4.39 Å². The van der Waals surface area contributed by atoms with Crippen molar-refractivity contribution in [2.24, 2.45) is 0 Å². The Hall–Kier alpha value is -0.580. The zero-order valence-corrected chi connectivity index (χ0v) is 12.5. The molecule has 1 atom stereocenters. The van der Waals surface area contributed by atoms with E-state index in [1.807, 2.05) is 7.05 Å². The number of halogens is 3. The lowest BCUT2D eigenvalue weighted by molar-refractivity contribution is 0.429. The van der Waals surface area contributed by atoms with Crippen LogP contribution in [0.2, 0.25) is 5.02 Å². The molecule has 2 rings (SSSR count). The summed E-state index contributed by atoms with van der Waals surface area (Å²) in [6.07, 6.45) is 1.95. The van der Waals surface area contributed by atoms with Gasteiger partial charge in [0.2, 0.25) is 0 Å². The maximum absolute atomic E-state index is 13.9. The molecule has 18 heavy (non-hydrogen) atoms. The third kappa shape index (κ3) is 2.42. The van der Waals surface area contributed by atoms with E-state index < -0.39 is 5.82 Å². The van der Waals surface area contributed by atoms with Crippen molar-refractivity contribution in [2.75, 3.05) is 7.05 Å². The zero-order chi connectivity index (χ0) is 13.3. The van der Waals surface area contributed by atoms with Gasteiger partial charge in [0.05, 0.1) is 20.9 Å². The van der Waals surface area contributed by atoms with E-state index in [-0.39, 0.29) is 11.1 Å². The monoisotopic (exact) mass is 333 g/mol. The van der Waals surface area contributed by atoms with Crippen LogP contribution in [-0.2, 0) is 0 Å². The molecule has 0 spiro atoms. The summed E-state index contributed by atoms with van der Waals surface area (Å²) in [6.45, 7) is 2.10. The molecule has 0 amide bonds. The topological polar surface area (TPSA) is 25.2 Å². The summed E-state index contributed by atoms with van der Waals surface area (Å²) in [5, 5.41) is 3.68. The number of benzene rings is 1. The fourth-order valence-electron chi connectivity index (χ4n) is 2.01. The van der Waals surface area contributed by atoms with Crippen molar-refractivity contribution in [2.45, 2.75) is 25.8 Å². The fourth-order valence-corrected chi connectivity index (χ4v) is 2.87. The molecule has 0 fully saturated rings. The number of furan rings is 1. The molecule has 1 N–H and O–H groups in total. The van der Waals surface area contributed by atoms with Gasteiger partial charge in [-0.05, 0) is 41.5 Å². The highest BCUT2D eigenvalue weighted by Crippen LogP contribution is 2.36. The SMILES string of the molecule is CCCC(NC)c1cc2c(F)c(Cl)cc(Br)c2o1. The molecule has 0 bridgehead atoms. The molecule has 0 aliphatic rings. The summed E-state index contributed by atoms with van der Waals surface area (Å²) in [5.74, 6) is 0.299. The van der Waals surface area contributed by atoms with Crippen LogP contribution < -0.4 is 5.32 Å². The molecule has 2 nitrogen and oxygen atoms in total. The average molecular weight is 335 g/mol. The van der Waals surface area contributed by atoms with Crippen molar-refractivity contribution < 1.29 is 8.81 Å². The lowest BCUT2D eigenvalue weighted by atomic mass is 10.1. The van der Waals surface area contributed by atoms with Gasteiger partial charge in [0.15, 0.2) is 11.4 Å². The van der Waals surface area contributed by atoms with Crippen LogP contribution >= 0.6 is 27.5 Å². The Morgan fingerprint density at radius 1 is 1.50 bits per heavy atom.